The van der Waals surface area contributed by atoms with Crippen LogP contribution < -0.4 is 10.1 Å². The number of ether oxygens (including phenoxy) is 2. The third-order valence-corrected chi connectivity index (χ3v) is 6.96. The molecule has 3 unspecified atom stereocenters. The van der Waals surface area contributed by atoms with Gasteiger partial charge >= 0.3 is 0 Å². The first kappa shape index (κ1) is 24.2. The lowest BCUT2D eigenvalue weighted by molar-refractivity contribution is -0.138. The van der Waals surface area contributed by atoms with E-state index in [9.17, 15) is 14.4 Å². The lowest BCUT2D eigenvalue weighted by Gasteiger charge is -2.27. The van der Waals surface area contributed by atoms with Crippen molar-refractivity contribution in [1.29, 1.82) is 0 Å². The number of fused-ring (bicyclic) bond motifs is 1. The van der Waals surface area contributed by atoms with Crippen LogP contribution in [0.15, 0.2) is 83.3 Å². The largest absolute Gasteiger partial charge is 0.457 e. The van der Waals surface area contributed by atoms with Crippen LogP contribution in [0.3, 0.4) is 0 Å². The van der Waals surface area contributed by atoms with E-state index in [1.807, 2.05) is 54.6 Å². The van der Waals surface area contributed by atoms with Crippen LogP contribution in [0.4, 0.5) is 0 Å². The SMILES string of the molecule is O=C(NC(Cc1ccc(Br)cc1)C(=O)N1CCC2OCC(=O)C21)c1cccc(Oc2ccccc2)c1. The van der Waals surface area contributed by atoms with Gasteiger partial charge < -0.3 is 19.7 Å². The molecule has 1 N–H and O–H groups in total. The molecule has 3 aromatic carbocycles. The fraction of sp³-hybridized carbons (Fsp3) is 0.250. The van der Waals surface area contributed by atoms with Gasteiger partial charge in [-0.3, -0.25) is 14.4 Å². The van der Waals surface area contributed by atoms with Crippen molar-refractivity contribution in [3.63, 3.8) is 0 Å². The molecule has 2 aliphatic heterocycles. The number of rotatable bonds is 7. The van der Waals surface area contributed by atoms with Gasteiger partial charge in [0.1, 0.15) is 30.2 Å². The normalized spacial score (nSPS) is 19.6. The fourth-order valence-electron chi connectivity index (χ4n) is 4.66. The van der Waals surface area contributed by atoms with Crippen molar-refractivity contribution in [2.75, 3.05) is 13.2 Å². The van der Waals surface area contributed by atoms with Crippen molar-refractivity contribution in [3.05, 3.63) is 94.5 Å². The first-order valence-electron chi connectivity index (χ1n) is 11.8. The molecule has 2 heterocycles. The fourth-order valence-corrected chi connectivity index (χ4v) is 4.93. The number of likely N-dealkylation sites (tertiary alicyclic amines) is 1. The Morgan fingerprint density at radius 2 is 1.78 bits per heavy atom. The lowest BCUT2D eigenvalue weighted by atomic mass is 10.0. The molecule has 0 spiro atoms. The number of carbonyl (C=O) groups excluding carboxylic acids is 3. The minimum absolute atomic E-state index is 0.0249. The third kappa shape index (κ3) is 5.34. The molecule has 8 heteroatoms. The smallest absolute Gasteiger partial charge is 0.252 e. The average molecular weight is 549 g/mol. The number of nitrogens with one attached hydrogen (secondary N) is 1. The predicted molar refractivity (Wildman–Crippen MR) is 137 cm³/mol. The molecule has 0 saturated carbocycles. The lowest BCUT2D eigenvalue weighted by Crippen LogP contribution is -2.53. The number of Topliss-reactive ketones (excluding diaryl/α,β-unsaturated/α-hetero) is 1. The Hall–Kier alpha value is -3.49. The summed E-state index contributed by atoms with van der Waals surface area (Å²) in [6, 6.07) is 22.3. The van der Waals surface area contributed by atoms with Crippen LogP contribution in [0.1, 0.15) is 22.3 Å². The highest BCUT2D eigenvalue weighted by atomic mass is 79.9. The van der Waals surface area contributed by atoms with Crippen molar-refractivity contribution >= 4 is 33.5 Å². The molecule has 0 radical (unpaired) electrons. The Bertz CT molecular complexity index is 1260. The maximum atomic E-state index is 13.6. The average Bonchev–Trinajstić information content (AvgIpc) is 3.48. The Morgan fingerprint density at radius 1 is 1.03 bits per heavy atom. The zero-order chi connectivity index (χ0) is 25.1. The summed E-state index contributed by atoms with van der Waals surface area (Å²) in [7, 11) is 0. The second-order valence-electron chi connectivity index (χ2n) is 8.88. The first-order valence-corrected chi connectivity index (χ1v) is 12.6. The van der Waals surface area contributed by atoms with Crippen molar-refractivity contribution in [1.82, 2.24) is 10.2 Å². The molecule has 2 fully saturated rings. The molecular formula is C28H25BrN2O5. The second-order valence-corrected chi connectivity index (χ2v) is 9.80. The van der Waals surface area contributed by atoms with Crippen molar-refractivity contribution in [2.45, 2.75) is 31.0 Å². The summed E-state index contributed by atoms with van der Waals surface area (Å²) in [5.41, 5.74) is 1.26. The van der Waals surface area contributed by atoms with Crippen LogP contribution in [0, 0.1) is 0 Å². The van der Waals surface area contributed by atoms with E-state index in [1.165, 1.54) is 0 Å². The number of nitrogens with zero attached hydrogens (tertiary/aromatic N) is 1. The molecule has 2 saturated heterocycles. The summed E-state index contributed by atoms with van der Waals surface area (Å²) in [5.74, 6) is 0.402. The molecule has 2 aliphatic rings. The van der Waals surface area contributed by atoms with Gasteiger partial charge in [0, 0.05) is 23.0 Å². The minimum Gasteiger partial charge on any atom is -0.457 e. The van der Waals surface area contributed by atoms with Crippen molar-refractivity contribution < 1.29 is 23.9 Å². The summed E-state index contributed by atoms with van der Waals surface area (Å²) < 4.78 is 12.3. The topological polar surface area (TPSA) is 84.9 Å². The Labute approximate surface area is 217 Å². The van der Waals surface area contributed by atoms with E-state index in [-0.39, 0.29) is 24.4 Å². The molecule has 5 rings (SSSR count). The van der Waals surface area contributed by atoms with Gasteiger partial charge in [-0.1, -0.05) is 52.3 Å². The molecule has 7 nitrogen and oxygen atoms in total. The van der Waals surface area contributed by atoms with E-state index in [0.29, 0.717) is 36.4 Å². The van der Waals surface area contributed by atoms with Crippen LogP contribution in [0.25, 0.3) is 0 Å². The van der Waals surface area contributed by atoms with E-state index in [1.54, 1.807) is 29.2 Å². The molecule has 3 aromatic rings. The zero-order valence-electron chi connectivity index (χ0n) is 19.4. The molecule has 0 aliphatic carbocycles. The number of benzene rings is 3. The van der Waals surface area contributed by atoms with Gasteiger partial charge in [-0.25, -0.2) is 0 Å². The number of hydrogen-bond acceptors (Lipinski definition) is 5. The Morgan fingerprint density at radius 3 is 2.56 bits per heavy atom. The Balaban J connectivity index is 1.36. The molecule has 0 bridgehead atoms. The number of halogens is 1. The molecule has 36 heavy (non-hydrogen) atoms. The van der Waals surface area contributed by atoms with E-state index >= 15 is 0 Å². The van der Waals surface area contributed by atoms with Crippen molar-refractivity contribution in [2.24, 2.45) is 0 Å². The van der Waals surface area contributed by atoms with Gasteiger partial charge in [0.2, 0.25) is 5.91 Å². The van der Waals surface area contributed by atoms with Crippen LogP contribution in [0.2, 0.25) is 0 Å². The summed E-state index contributed by atoms with van der Waals surface area (Å²) in [5, 5.41) is 2.91. The summed E-state index contributed by atoms with van der Waals surface area (Å²) in [6.07, 6.45) is 0.637. The van der Waals surface area contributed by atoms with Gasteiger partial charge in [0.05, 0.1) is 6.10 Å². The van der Waals surface area contributed by atoms with Crippen LogP contribution in [-0.2, 0) is 20.7 Å². The monoisotopic (exact) mass is 548 g/mol. The molecular weight excluding hydrogens is 524 g/mol. The quantitative estimate of drug-likeness (QED) is 0.479. The van der Waals surface area contributed by atoms with E-state index in [2.05, 4.69) is 21.2 Å². The van der Waals surface area contributed by atoms with E-state index < -0.39 is 18.0 Å². The highest BCUT2D eigenvalue weighted by Crippen LogP contribution is 2.28. The standard InChI is InChI=1S/C28H25BrN2O5/c29-20-11-9-18(10-12-20)15-23(28(34)31-14-13-25-26(31)24(32)17-35-25)30-27(33)19-5-4-8-22(16-19)36-21-6-2-1-3-7-21/h1-12,16,23,25-26H,13-15,17H2,(H,30,33). The van der Waals surface area contributed by atoms with Gasteiger partial charge in [0.25, 0.3) is 5.91 Å². The van der Waals surface area contributed by atoms with Gasteiger partial charge in [-0.15, -0.1) is 0 Å². The van der Waals surface area contributed by atoms with Gasteiger partial charge in [-0.05, 0) is 54.4 Å². The summed E-state index contributed by atoms with van der Waals surface area (Å²) in [6.45, 7) is 0.448. The number of carbonyl (C=O) groups is 3. The van der Waals surface area contributed by atoms with Gasteiger partial charge in [0.15, 0.2) is 5.78 Å². The van der Waals surface area contributed by atoms with E-state index in [4.69, 9.17) is 9.47 Å². The maximum Gasteiger partial charge on any atom is 0.252 e. The predicted octanol–water partition coefficient (Wildman–Crippen LogP) is 4.15. The summed E-state index contributed by atoms with van der Waals surface area (Å²) in [4.78, 5) is 40.9. The number of para-hydroxylation sites is 1. The molecule has 0 aromatic heterocycles. The minimum atomic E-state index is -0.843. The molecule has 3 atom stereocenters. The summed E-state index contributed by atoms with van der Waals surface area (Å²) >= 11 is 3.42. The number of ketones is 1. The second kappa shape index (κ2) is 10.6. The molecule has 184 valence electrons. The van der Waals surface area contributed by atoms with Crippen LogP contribution in [0.5, 0.6) is 11.5 Å². The third-order valence-electron chi connectivity index (χ3n) is 6.43. The van der Waals surface area contributed by atoms with Crippen LogP contribution in [-0.4, -0.2) is 53.8 Å². The van der Waals surface area contributed by atoms with Gasteiger partial charge in [-0.2, -0.15) is 0 Å². The van der Waals surface area contributed by atoms with Crippen LogP contribution >= 0.6 is 15.9 Å². The van der Waals surface area contributed by atoms with E-state index in [0.717, 1.165) is 10.0 Å². The zero-order valence-corrected chi connectivity index (χ0v) is 21.0. The highest BCUT2D eigenvalue weighted by molar-refractivity contribution is 9.10. The van der Waals surface area contributed by atoms with Crippen molar-refractivity contribution in [3.8, 4) is 11.5 Å². The Kier molecular flexibility index (Phi) is 7.16. The first-order chi connectivity index (χ1) is 17.5. The highest BCUT2D eigenvalue weighted by Gasteiger charge is 2.48. The maximum absolute atomic E-state index is 13.6. The number of hydrogen-bond donors (Lipinski definition) is 1. The number of amides is 2. The molecule has 2 amide bonds.